The van der Waals surface area contributed by atoms with Crippen LogP contribution in [0.3, 0.4) is 0 Å². The molecule has 0 aliphatic carbocycles. The normalized spacial score (nSPS) is 11.3. The number of para-hydroxylation sites is 2. The molecule has 26 heavy (non-hydrogen) atoms. The lowest BCUT2D eigenvalue weighted by atomic mass is 9.93. The van der Waals surface area contributed by atoms with Gasteiger partial charge < -0.3 is 34.4 Å². The first kappa shape index (κ1) is 22.1. The van der Waals surface area contributed by atoms with E-state index in [1.165, 1.54) is 0 Å². The van der Waals surface area contributed by atoms with Crippen LogP contribution >= 0.6 is 7.82 Å². The third-order valence-electron chi connectivity index (χ3n) is 3.26. The summed E-state index contributed by atoms with van der Waals surface area (Å²) < 4.78 is 21.1. The average Bonchev–Trinajstić information content (AvgIpc) is 2.65. The first-order valence-electron chi connectivity index (χ1n) is 7.64. The summed E-state index contributed by atoms with van der Waals surface area (Å²) >= 11 is 0. The highest BCUT2D eigenvalue weighted by Gasteiger charge is 2.26. The van der Waals surface area contributed by atoms with Crippen molar-refractivity contribution in [3.05, 3.63) is 60.7 Å². The second kappa shape index (κ2) is 10.9. The maximum absolute atomic E-state index is 11.6. The van der Waals surface area contributed by atoms with Gasteiger partial charge in [0.1, 0.15) is 11.5 Å². The Morgan fingerprint density at radius 2 is 1.04 bits per heavy atom. The molecule has 2 aromatic carbocycles. The van der Waals surface area contributed by atoms with E-state index < -0.39 is 39.7 Å². The number of phosphoric ester groups is 1. The molecule has 2 aromatic rings. The summed E-state index contributed by atoms with van der Waals surface area (Å²) in [6.45, 7) is -1.62. The summed E-state index contributed by atoms with van der Waals surface area (Å²) in [5, 5.41) is 34.0. The van der Waals surface area contributed by atoms with Gasteiger partial charge in [-0.3, -0.25) is 0 Å². The molecule has 0 aliphatic heterocycles. The van der Waals surface area contributed by atoms with Crippen LogP contribution in [0.5, 0.6) is 11.5 Å². The van der Waals surface area contributed by atoms with Gasteiger partial charge in [0, 0.05) is 0 Å². The van der Waals surface area contributed by atoms with Crippen molar-refractivity contribution in [3.63, 3.8) is 0 Å². The van der Waals surface area contributed by atoms with Gasteiger partial charge in [0.2, 0.25) is 0 Å². The molecule has 0 saturated carbocycles. The molecule has 0 atom stereocenters. The topological polar surface area (TPSA) is 140 Å². The van der Waals surface area contributed by atoms with Crippen LogP contribution in [-0.4, -0.2) is 46.9 Å². The van der Waals surface area contributed by atoms with E-state index in [1.807, 2.05) is 0 Å². The van der Waals surface area contributed by atoms with Crippen LogP contribution in [0.25, 0.3) is 0 Å². The number of aliphatic hydroxyl groups excluding tert-OH is 4. The molecule has 0 aliphatic rings. The van der Waals surface area contributed by atoms with Crippen LogP contribution < -0.4 is 13.9 Å². The van der Waals surface area contributed by atoms with Crippen molar-refractivity contribution < 1.29 is 38.9 Å². The second-order valence-electron chi connectivity index (χ2n) is 5.39. The van der Waals surface area contributed by atoms with Crippen LogP contribution in [0, 0.1) is 5.41 Å². The summed E-state index contributed by atoms with van der Waals surface area (Å²) in [6, 6.07) is 16.4. The lowest BCUT2D eigenvalue weighted by molar-refractivity contribution is -0.208. The first-order valence-corrected chi connectivity index (χ1v) is 9.10. The van der Waals surface area contributed by atoms with Crippen LogP contribution in [0.15, 0.2) is 60.7 Å². The van der Waals surface area contributed by atoms with Crippen molar-refractivity contribution in [2.45, 2.75) is 0 Å². The van der Waals surface area contributed by atoms with Gasteiger partial charge in [-0.2, -0.15) is 0 Å². The van der Waals surface area contributed by atoms with E-state index >= 15 is 0 Å². The maximum atomic E-state index is 11.6. The zero-order valence-electron chi connectivity index (χ0n) is 14.0. The molecule has 144 valence electrons. The van der Waals surface area contributed by atoms with Crippen molar-refractivity contribution in [2.75, 3.05) is 26.4 Å². The van der Waals surface area contributed by atoms with Crippen LogP contribution in [0.2, 0.25) is 0 Å². The monoisotopic (exact) mass is 385 g/mol. The van der Waals surface area contributed by atoms with Crippen molar-refractivity contribution in [2.24, 2.45) is 5.41 Å². The standard InChI is InChI=1S/C12H11O4P.C5H12O4/c13-17(14,15-11-7-3-1-4-8-11)16-12-9-5-2-6-10-12;6-1-5(2-7,3-8)4-9/h1-10H,(H,13,14);6-9H,1-4H2/p-1. The minimum absolute atomic E-state index is 0.224. The molecular formula is C17H22O8P-. The van der Waals surface area contributed by atoms with Gasteiger partial charge in [-0.05, 0) is 24.3 Å². The number of rotatable bonds is 8. The fourth-order valence-electron chi connectivity index (χ4n) is 1.54. The average molecular weight is 385 g/mol. The largest absolute Gasteiger partial charge is 0.736 e. The van der Waals surface area contributed by atoms with Gasteiger partial charge in [0.25, 0.3) is 0 Å². The first-order chi connectivity index (χ1) is 12.4. The van der Waals surface area contributed by atoms with Crippen molar-refractivity contribution in [3.8, 4) is 11.5 Å². The smallest absolute Gasteiger partial charge is 0.372 e. The summed E-state index contributed by atoms with van der Waals surface area (Å²) in [6.07, 6.45) is 0. The van der Waals surface area contributed by atoms with E-state index in [0.29, 0.717) is 0 Å². The number of hydrogen-bond acceptors (Lipinski definition) is 8. The number of benzene rings is 2. The highest BCUT2D eigenvalue weighted by Crippen LogP contribution is 2.40. The Kier molecular flexibility index (Phi) is 9.29. The van der Waals surface area contributed by atoms with E-state index in [9.17, 15) is 9.46 Å². The number of aliphatic hydroxyl groups is 4. The highest BCUT2D eigenvalue weighted by atomic mass is 31.2. The zero-order chi connectivity index (χ0) is 19.5. The van der Waals surface area contributed by atoms with Crippen molar-refractivity contribution in [1.82, 2.24) is 0 Å². The van der Waals surface area contributed by atoms with Crippen molar-refractivity contribution in [1.29, 1.82) is 0 Å². The Bertz CT molecular complexity index is 598. The molecule has 9 heteroatoms. The van der Waals surface area contributed by atoms with Crippen LogP contribution in [0.1, 0.15) is 0 Å². The molecule has 0 saturated heterocycles. The van der Waals surface area contributed by atoms with Crippen LogP contribution in [0.4, 0.5) is 0 Å². The Morgan fingerprint density at radius 3 is 1.27 bits per heavy atom. The summed E-state index contributed by atoms with van der Waals surface area (Å²) in [5.74, 6) is 0.448. The molecular weight excluding hydrogens is 363 g/mol. The molecule has 8 nitrogen and oxygen atoms in total. The van der Waals surface area contributed by atoms with Crippen LogP contribution in [-0.2, 0) is 4.57 Å². The number of hydrogen-bond donors (Lipinski definition) is 4. The highest BCUT2D eigenvalue weighted by molar-refractivity contribution is 7.46. The molecule has 0 bridgehead atoms. The lowest BCUT2D eigenvalue weighted by Gasteiger charge is -2.23. The fraction of sp³-hybridized carbons (Fsp3) is 0.294. The predicted molar refractivity (Wildman–Crippen MR) is 92.5 cm³/mol. The van der Waals surface area contributed by atoms with Gasteiger partial charge in [-0.1, -0.05) is 36.4 Å². The number of phosphoric acid groups is 1. The second-order valence-corrected chi connectivity index (χ2v) is 6.65. The molecule has 0 radical (unpaired) electrons. The molecule has 0 spiro atoms. The van der Waals surface area contributed by atoms with Gasteiger partial charge in [-0.15, -0.1) is 0 Å². The van der Waals surface area contributed by atoms with Gasteiger partial charge in [0.15, 0.2) is 0 Å². The van der Waals surface area contributed by atoms with E-state index in [2.05, 4.69) is 0 Å². The SMILES string of the molecule is O=P([O-])(Oc1ccccc1)Oc1ccccc1.OCC(CO)(CO)CO. The van der Waals surface area contributed by atoms with E-state index in [-0.39, 0.29) is 11.5 Å². The Labute approximate surface area is 151 Å². The van der Waals surface area contributed by atoms with Gasteiger partial charge >= 0.3 is 7.82 Å². The maximum Gasteiger partial charge on any atom is 0.372 e. The molecule has 0 unspecified atom stereocenters. The van der Waals surface area contributed by atoms with E-state index in [1.54, 1.807) is 60.7 Å². The zero-order valence-corrected chi connectivity index (χ0v) is 14.9. The molecule has 4 N–H and O–H groups in total. The minimum Gasteiger partial charge on any atom is -0.736 e. The fourth-order valence-corrected chi connectivity index (χ4v) is 2.34. The predicted octanol–water partition coefficient (Wildman–Crippen LogP) is 0.555. The minimum atomic E-state index is -4.39. The van der Waals surface area contributed by atoms with E-state index in [0.717, 1.165) is 0 Å². The Morgan fingerprint density at radius 1 is 0.731 bits per heavy atom. The molecule has 0 amide bonds. The third-order valence-corrected chi connectivity index (χ3v) is 4.13. The Balaban J connectivity index is 0.000000321. The quantitative estimate of drug-likeness (QED) is 0.483. The van der Waals surface area contributed by atoms with Gasteiger partial charge in [0.05, 0.1) is 31.8 Å². The summed E-state index contributed by atoms with van der Waals surface area (Å²) in [4.78, 5) is 11.6. The summed E-state index contributed by atoms with van der Waals surface area (Å²) in [7, 11) is -4.39. The molecule has 2 rings (SSSR count). The van der Waals surface area contributed by atoms with Crippen molar-refractivity contribution >= 4 is 7.82 Å². The molecule has 0 aromatic heterocycles. The Hall–Kier alpha value is -1.93. The third kappa shape index (κ3) is 7.53. The van der Waals surface area contributed by atoms with Gasteiger partial charge in [-0.25, -0.2) is 4.57 Å². The lowest BCUT2D eigenvalue weighted by Crippen LogP contribution is -2.37. The molecule has 0 fully saturated rings. The molecule has 0 heterocycles. The summed E-state index contributed by atoms with van der Waals surface area (Å²) in [5.41, 5.74) is -1.11. The van der Waals surface area contributed by atoms with E-state index in [4.69, 9.17) is 29.5 Å².